The van der Waals surface area contributed by atoms with E-state index in [9.17, 15) is 0 Å². The van der Waals surface area contributed by atoms with Gasteiger partial charge in [0.05, 0.1) is 6.20 Å². The quantitative estimate of drug-likeness (QED) is 0.801. The van der Waals surface area contributed by atoms with Gasteiger partial charge in [0.15, 0.2) is 5.82 Å². The van der Waals surface area contributed by atoms with Crippen LogP contribution in [0.5, 0.6) is 0 Å². The van der Waals surface area contributed by atoms with E-state index in [2.05, 4.69) is 42.3 Å². The van der Waals surface area contributed by atoms with Gasteiger partial charge in [-0.1, -0.05) is 0 Å². The van der Waals surface area contributed by atoms with E-state index >= 15 is 0 Å². The SMILES string of the molecule is CCN1C=C2N=C(C)C=C(N(CC)CC)N2N1. The first kappa shape index (κ1) is 12.0. The van der Waals surface area contributed by atoms with Crippen molar-refractivity contribution < 1.29 is 0 Å². The summed E-state index contributed by atoms with van der Waals surface area (Å²) in [6.07, 6.45) is 4.16. The van der Waals surface area contributed by atoms with Crippen LogP contribution in [0.2, 0.25) is 0 Å². The molecule has 0 fully saturated rings. The molecule has 0 amide bonds. The first-order valence-corrected chi connectivity index (χ1v) is 6.26. The number of nitrogens with one attached hydrogen (secondary N) is 1. The van der Waals surface area contributed by atoms with Crippen molar-refractivity contribution in [2.45, 2.75) is 27.7 Å². The normalized spacial score (nSPS) is 18.7. The Morgan fingerprint density at radius 2 is 2.00 bits per heavy atom. The van der Waals surface area contributed by atoms with Crippen molar-refractivity contribution in [3.8, 4) is 0 Å². The second kappa shape index (κ2) is 4.79. The van der Waals surface area contributed by atoms with Gasteiger partial charge in [-0.25, -0.2) is 10.0 Å². The van der Waals surface area contributed by atoms with Gasteiger partial charge in [-0.3, -0.25) is 5.01 Å². The minimum Gasteiger partial charge on any atom is -0.357 e. The predicted molar refractivity (Wildman–Crippen MR) is 69.6 cm³/mol. The van der Waals surface area contributed by atoms with Crippen molar-refractivity contribution in [3.63, 3.8) is 0 Å². The molecule has 0 aromatic rings. The monoisotopic (exact) mass is 235 g/mol. The van der Waals surface area contributed by atoms with Gasteiger partial charge in [0.25, 0.3) is 0 Å². The molecule has 17 heavy (non-hydrogen) atoms. The van der Waals surface area contributed by atoms with Crippen LogP contribution in [-0.4, -0.2) is 40.3 Å². The second-order valence-electron chi connectivity index (χ2n) is 4.14. The zero-order valence-electron chi connectivity index (χ0n) is 11.1. The van der Waals surface area contributed by atoms with E-state index in [0.29, 0.717) is 0 Å². The molecule has 2 aliphatic heterocycles. The standard InChI is InChI=1S/C12H21N5/c1-5-15(6-2)12-8-10(4)13-11-9-16(7-3)14-17(11)12/h8-9,14H,5-7H2,1-4H3. The zero-order chi connectivity index (χ0) is 12.4. The van der Waals surface area contributed by atoms with Crippen molar-refractivity contribution in [2.75, 3.05) is 19.6 Å². The fourth-order valence-corrected chi connectivity index (χ4v) is 2.06. The lowest BCUT2D eigenvalue weighted by Gasteiger charge is -2.34. The maximum absolute atomic E-state index is 4.54. The van der Waals surface area contributed by atoms with E-state index in [0.717, 1.165) is 31.2 Å². The van der Waals surface area contributed by atoms with Gasteiger partial charge in [-0.15, -0.1) is 5.53 Å². The maximum atomic E-state index is 4.54. The van der Waals surface area contributed by atoms with Gasteiger partial charge in [0.2, 0.25) is 0 Å². The number of nitrogens with zero attached hydrogens (tertiary/aromatic N) is 4. The predicted octanol–water partition coefficient (Wildman–Crippen LogP) is 1.50. The smallest absolute Gasteiger partial charge is 0.168 e. The summed E-state index contributed by atoms with van der Waals surface area (Å²) in [4.78, 5) is 6.86. The summed E-state index contributed by atoms with van der Waals surface area (Å²) in [5.41, 5.74) is 4.37. The van der Waals surface area contributed by atoms with Gasteiger partial charge in [-0.2, -0.15) is 0 Å². The minimum atomic E-state index is 0.917. The summed E-state index contributed by atoms with van der Waals surface area (Å²) in [7, 11) is 0. The summed E-state index contributed by atoms with van der Waals surface area (Å²) >= 11 is 0. The van der Waals surface area contributed by atoms with Gasteiger partial charge < -0.3 is 4.90 Å². The molecule has 1 N–H and O–H groups in total. The summed E-state index contributed by atoms with van der Waals surface area (Å²) in [6.45, 7) is 11.4. The molecular weight excluding hydrogens is 214 g/mol. The molecule has 0 saturated heterocycles. The van der Waals surface area contributed by atoms with Gasteiger partial charge >= 0.3 is 0 Å². The molecule has 0 spiro atoms. The third-order valence-electron chi connectivity index (χ3n) is 3.01. The van der Waals surface area contributed by atoms with Crippen LogP contribution >= 0.6 is 0 Å². The molecule has 0 saturated carbocycles. The van der Waals surface area contributed by atoms with Gasteiger partial charge in [0, 0.05) is 31.4 Å². The van der Waals surface area contributed by atoms with Crippen LogP contribution in [0.3, 0.4) is 0 Å². The highest BCUT2D eigenvalue weighted by Gasteiger charge is 2.28. The molecule has 2 heterocycles. The summed E-state index contributed by atoms with van der Waals surface area (Å²) in [5.74, 6) is 2.14. The van der Waals surface area contributed by atoms with E-state index in [-0.39, 0.29) is 0 Å². The Hall–Kier alpha value is -1.49. The van der Waals surface area contributed by atoms with Crippen LogP contribution in [0.1, 0.15) is 27.7 Å². The van der Waals surface area contributed by atoms with Crippen molar-refractivity contribution in [1.29, 1.82) is 0 Å². The first-order valence-electron chi connectivity index (χ1n) is 6.26. The Morgan fingerprint density at radius 3 is 2.59 bits per heavy atom. The average Bonchev–Trinajstić information content (AvgIpc) is 2.73. The fraction of sp³-hybridized carbons (Fsp3) is 0.583. The Morgan fingerprint density at radius 1 is 1.29 bits per heavy atom. The highest BCUT2D eigenvalue weighted by Crippen LogP contribution is 2.24. The molecule has 0 bridgehead atoms. The lowest BCUT2D eigenvalue weighted by molar-refractivity contribution is 0.123. The largest absolute Gasteiger partial charge is 0.357 e. The molecule has 5 heteroatoms. The molecule has 0 unspecified atom stereocenters. The molecule has 0 atom stereocenters. The molecular formula is C12H21N5. The zero-order valence-corrected chi connectivity index (χ0v) is 11.1. The lowest BCUT2D eigenvalue weighted by Crippen LogP contribution is -2.45. The van der Waals surface area contributed by atoms with E-state index in [4.69, 9.17) is 0 Å². The maximum Gasteiger partial charge on any atom is 0.168 e. The Labute approximate surface area is 103 Å². The van der Waals surface area contributed by atoms with E-state index in [1.54, 1.807) is 0 Å². The first-order chi connectivity index (χ1) is 8.19. The number of fused-ring (bicyclic) bond motifs is 1. The summed E-state index contributed by atoms with van der Waals surface area (Å²) in [5, 5.41) is 4.08. The van der Waals surface area contributed by atoms with Crippen LogP contribution in [0.15, 0.2) is 28.9 Å². The number of hydrazine groups is 2. The number of hydrogen-bond acceptors (Lipinski definition) is 5. The minimum absolute atomic E-state index is 0.917. The summed E-state index contributed by atoms with van der Waals surface area (Å²) < 4.78 is 0. The molecule has 94 valence electrons. The van der Waals surface area contributed by atoms with Gasteiger partial charge in [0.1, 0.15) is 5.82 Å². The topological polar surface area (TPSA) is 34.1 Å². The van der Waals surface area contributed by atoms with Gasteiger partial charge in [-0.05, 0) is 27.7 Å². The third kappa shape index (κ3) is 2.15. The van der Waals surface area contributed by atoms with Crippen molar-refractivity contribution >= 4 is 5.71 Å². The fourth-order valence-electron chi connectivity index (χ4n) is 2.06. The van der Waals surface area contributed by atoms with Crippen LogP contribution in [0.4, 0.5) is 0 Å². The Bertz CT molecular complexity index is 378. The van der Waals surface area contributed by atoms with E-state index < -0.39 is 0 Å². The van der Waals surface area contributed by atoms with Crippen molar-refractivity contribution in [3.05, 3.63) is 23.9 Å². The van der Waals surface area contributed by atoms with Crippen LogP contribution in [-0.2, 0) is 0 Å². The number of hydrogen-bond donors (Lipinski definition) is 1. The molecule has 0 aromatic heterocycles. The Balaban J connectivity index is 2.29. The third-order valence-corrected chi connectivity index (χ3v) is 3.01. The molecule has 0 aromatic carbocycles. The van der Waals surface area contributed by atoms with Crippen LogP contribution in [0, 0.1) is 0 Å². The van der Waals surface area contributed by atoms with Crippen LogP contribution in [0.25, 0.3) is 0 Å². The lowest BCUT2D eigenvalue weighted by atomic mass is 10.3. The van der Waals surface area contributed by atoms with Crippen LogP contribution < -0.4 is 5.53 Å². The summed E-state index contributed by atoms with van der Waals surface area (Å²) in [6, 6.07) is 0. The molecule has 5 nitrogen and oxygen atoms in total. The molecule has 2 aliphatic rings. The van der Waals surface area contributed by atoms with Crippen molar-refractivity contribution in [1.82, 2.24) is 20.5 Å². The number of rotatable bonds is 4. The Kier molecular flexibility index (Phi) is 3.38. The van der Waals surface area contributed by atoms with Crippen molar-refractivity contribution in [2.24, 2.45) is 4.99 Å². The number of aliphatic imine (C=N–C) groups is 1. The van der Waals surface area contributed by atoms with E-state index in [1.807, 2.05) is 23.1 Å². The molecule has 0 radical (unpaired) electrons. The highest BCUT2D eigenvalue weighted by atomic mass is 15.8. The van der Waals surface area contributed by atoms with E-state index in [1.165, 1.54) is 5.82 Å². The molecule has 0 aliphatic carbocycles. The number of allylic oxidation sites excluding steroid dienone is 1. The highest BCUT2D eigenvalue weighted by molar-refractivity contribution is 5.94. The average molecular weight is 235 g/mol. The molecule has 2 rings (SSSR count). The second-order valence-corrected chi connectivity index (χ2v) is 4.14.